The van der Waals surface area contributed by atoms with Crippen molar-refractivity contribution >= 4 is 34.8 Å². The number of anilines is 3. The summed E-state index contributed by atoms with van der Waals surface area (Å²) in [5.41, 5.74) is 4.14. The molecule has 1 aliphatic rings. The lowest BCUT2D eigenvalue weighted by molar-refractivity contribution is 0.174. The van der Waals surface area contributed by atoms with Gasteiger partial charge in [-0.2, -0.15) is 10.1 Å². The van der Waals surface area contributed by atoms with Crippen LogP contribution in [0.1, 0.15) is 5.56 Å². The van der Waals surface area contributed by atoms with Crippen LogP contribution in [-0.4, -0.2) is 33.3 Å². The van der Waals surface area contributed by atoms with Crippen molar-refractivity contribution in [3.8, 4) is 11.5 Å². The average Bonchev–Trinajstić information content (AvgIpc) is 3.38. The lowest BCUT2D eigenvalue weighted by atomic mass is 10.2. The Hall–Kier alpha value is -4.28. The minimum absolute atomic E-state index is 0.175. The van der Waals surface area contributed by atoms with Crippen LogP contribution in [0.2, 0.25) is 0 Å². The molecular weight excluding hydrogens is 381 g/mol. The smallest absolute Gasteiger partial charge is 0.245 e. The highest BCUT2D eigenvalue weighted by Gasteiger charge is 2.15. The van der Waals surface area contributed by atoms with Crippen molar-refractivity contribution in [2.24, 2.45) is 5.10 Å². The molecule has 0 fully saturated rings. The van der Waals surface area contributed by atoms with Crippen LogP contribution in [0.15, 0.2) is 52.2 Å². The van der Waals surface area contributed by atoms with Gasteiger partial charge in [-0.1, -0.05) is 12.1 Å². The Labute approximate surface area is 162 Å². The Kier molecular flexibility index (Phi) is 4.09. The minimum Gasteiger partial charge on any atom is -0.454 e. The Morgan fingerprint density at radius 1 is 0.966 bits per heavy atom. The SMILES string of the molecule is Fc1ccccc1Nc1nc2nonc2nc1N/N=C/c1ccc2c(c1)OCO2. The predicted molar refractivity (Wildman–Crippen MR) is 101 cm³/mol. The number of fused-ring (bicyclic) bond motifs is 2. The van der Waals surface area contributed by atoms with Crippen molar-refractivity contribution in [1.82, 2.24) is 20.3 Å². The van der Waals surface area contributed by atoms with E-state index < -0.39 is 5.82 Å². The van der Waals surface area contributed by atoms with Crippen molar-refractivity contribution in [2.45, 2.75) is 0 Å². The molecule has 144 valence electrons. The van der Waals surface area contributed by atoms with Gasteiger partial charge in [-0.3, -0.25) is 5.43 Å². The zero-order valence-electron chi connectivity index (χ0n) is 14.7. The number of benzene rings is 2. The van der Waals surface area contributed by atoms with Gasteiger partial charge in [0, 0.05) is 0 Å². The van der Waals surface area contributed by atoms with Crippen LogP contribution in [-0.2, 0) is 0 Å². The normalized spacial score (nSPS) is 12.6. The summed E-state index contributed by atoms with van der Waals surface area (Å²) >= 11 is 0. The molecule has 0 unspecified atom stereocenters. The molecule has 5 rings (SSSR count). The minimum atomic E-state index is -0.442. The second kappa shape index (κ2) is 7.03. The van der Waals surface area contributed by atoms with E-state index in [9.17, 15) is 4.39 Å². The number of nitrogens with one attached hydrogen (secondary N) is 2. The highest BCUT2D eigenvalue weighted by atomic mass is 19.1. The quantitative estimate of drug-likeness (QED) is 0.389. The molecule has 0 spiro atoms. The first-order valence-electron chi connectivity index (χ1n) is 8.47. The van der Waals surface area contributed by atoms with Crippen LogP contribution < -0.4 is 20.2 Å². The highest BCUT2D eigenvalue weighted by Crippen LogP contribution is 2.32. The van der Waals surface area contributed by atoms with E-state index in [4.69, 9.17) is 9.47 Å². The van der Waals surface area contributed by atoms with E-state index in [0.717, 1.165) is 5.56 Å². The molecular formula is C18H12FN7O3. The van der Waals surface area contributed by atoms with E-state index in [2.05, 4.69) is 40.8 Å². The summed E-state index contributed by atoms with van der Waals surface area (Å²) in [6.45, 7) is 0.195. The van der Waals surface area contributed by atoms with Crippen molar-refractivity contribution in [2.75, 3.05) is 17.5 Å². The summed E-state index contributed by atoms with van der Waals surface area (Å²) in [6, 6.07) is 11.6. The molecule has 0 radical (unpaired) electrons. The molecule has 0 saturated carbocycles. The summed E-state index contributed by atoms with van der Waals surface area (Å²) in [6.07, 6.45) is 1.57. The molecule has 11 heteroatoms. The molecule has 4 aromatic rings. The summed E-state index contributed by atoms with van der Waals surface area (Å²) in [7, 11) is 0. The van der Waals surface area contributed by atoms with Gasteiger partial charge < -0.3 is 14.8 Å². The number of halogens is 1. The first kappa shape index (κ1) is 16.9. The highest BCUT2D eigenvalue weighted by molar-refractivity contribution is 5.82. The number of nitrogens with zero attached hydrogens (tertiary/aromatic N) is 5. The maximum atomic E-state index is 14.0. The van der Waals surface area contributed by atoms with E-state index in [1.165, 1.54) is 6.07 Å². The van der Waals surface area contributed by atoms with Gasteiger partial charge >= 0.3 is 0 Å². The Morgan fingerprint density at radius 2 is 1.76 bits per heavy atom. The number of rotatable bonds is 5. The van der Waals surface area contributed by atoms with Crippen molar-refractivity contribution in [3.05, 3.63) is 53.8 Å². The van der Waals surface area contributed by atoms with Crippen LogP contribution >= 0.6 is 0 Å². The molecule has 2 aromatic carbocycles. The number of hydrazone groups is 1. The molecule has 29 heavy (non-hydrogen) atoms. The summed E-state index contributed by atoms with van der Waals surface area (Å²) in [5.74, 6) is 1.31. The lowest BCUT2D eigenvalue weighted by Crippen LogP contribution is -2.04. The van der Waals surface area contributed by atoms with Crippen molar-refractivity contribution in [3.63, 3.8) is 0 Å². The lowest BCUT2D eigenvalue weighted by Gasteiger charge is -2.09. The van der Waals surface area contributed by atoms with Gasteiger partial charge in [-0.05, 0) is 46.2 Å². The molecule has 1 aliphatic heterocycles. The number of ether oxygens (including phenoxy) is 2. The van der Waals surface area contributed by atoms with Gasteiger partial charge in [0.15, 0.2) is 23.1 Å². The zero-order chi connectivity index (χ0) is 19.6. The standard InChI is InChI=1S/C18H12FN7O3/c19-11-3-1-2-4-12(11)21-15-16(23-18-17(22-15)25-29-26-18)24-20-8-10-5-6-13-14(7-10)28-9-27-13/h1-8H,9H2,(H,21,22,25)(H,23,24,26)/b20-8+. The first-order valence-corrected chi connectivity index (χ1v) is 8.47. The molecule has 0 aliphatic carbocycles. The molecule has 10 nitrogen and oxygen atoms in total. The molecule has 0 bridgehead atoms. The maximum absolute atomic E-state index is 14.0. The van der Waals surface area contributed by atoms with Crippen molar-refractivity contribution in [1.29, 1.82) is 0 Å². The summed E-state index contributed by atoms with van der Waals surface area (Å²) in [4.78, 5) is 8.53. The van der Waals surface area contributed by atoms with E-state index in [-0.39, 0.29) is 35.4 Å². The predicted octanol–water partition coefficient (Wildman–Crippen LogP) is 3.07. The largest absolute Gasteiger partial charge is 0.454 e. The van der Waals surface area contributed by atoms with Gasteiger partial charge in [-0.25, -0.2) is 14.0 Å². The Balaban J connectivity index is 1.43. The number of para-hydroxylation sites is 1. The summed E-state index contributed by atoms with van der Waals surface area (Å²) in [5, 5.41) is 14.4. The van der Waals surface area contributed by atoms with Crippen LogP contribution in [0.5, 0.6) is 11.5 Å². The van der Waals surface area contributed by atoms with Crippen LogP contribution in [0, 0.1) is 5.82 Å². The summed E-state index contributed by atoms with van der Waals surface area (Å²) < 4.78 is 29.3. The van der Waals surface area contributed by atoms with Gasteiger partial charge in [0.25, 0.3) is 0 Å². The Morgan fingerprint density at radius 3 is 2.62 bits per heavy atom. The number of aromatic nitrogens is 4. The number of hydrogen-bond acceptors (Lipinski definition) is 10. The fourth-order valence-corrected chi connectivity index (χ4v) is 2.65. The zero-order valence-corrected chi connectivity index (χ0v) is 14.7. The molecule has 0 amide bonds. The van der Waals surface area contributed by atoms with Crippen LogP contribution in [0.4, 0.5) is 21.7 Å². The van der Waals surface area contributed by atoms with E-state index in [1.54, 1.807) is 36.5 Å². The van der Waals surface area contributed by atoms with E-state index in [1.807, 2.05) is 6.07 Å². The molecule has 3 heterocycles. The molecule has 0 atom stereocenters. The van der Waals surface area contributed by atoms with Crippen molar-refractivity contribution < 1.29 is 18.5 Å². The molecule has 2 aromatic heterocycles. The second-order valence-corrected chi connectivity index (χ2v) is 5.92. The fourth-order valence-electron chi connectivity index (χ4n) is 2.65. The van der Waals surface area contributed by atoms with Crippen LogP contribution in [0.25, 0.3) is 11.3 Å². The van der Waals surface area contributed by atoms with Gasteiger partial charge in [0.05, 0.1) is 11.9 Å². The third kappa shape index (κ3) is 3.36. The van der Waals surface area contributed by atoms with E-state index in [0.29, 0.717) is 11.5 Å². The number of hydrogen-bond donors (Lipinski definition) is 2. The third-order valence-corrected chi connectivity index (χ3v) is 4.02. The van der Waals surface area contributed by atoms with Gasteiger partial charge in [0.1, 0.15) is 5.82 Å². The Bertz CT molecular complexity index is 1230. The fraction of sp³-hybridized carbons (Fsp3) is 0.0556. The first-order chi connectivity index (χ1) is 14.3. The monoisotopic (exact) mass is 393 g/mol. The third-order valence-electron chi connectivity index (χ3n) is 4.02. The second-order valence-electron chi connectivity index (χ2n) is 5.92. The molecule has 2 N–H and O–H groups in total. The van der Waals surface area contributed by atoms with Gasteiger partial charge in [-0.15, -0.1) is 0 Å². The van der Waals surface area contributed by atoms with Crippen LogP contribution in [0.3, 0.4) is 0 Å². The van der Waals surface area contributed by atoms with Gasteiger partial charge in [0.2, 0.25) is 18.1 Å². The topological polar surface area (TPSA) is 120 Å². The average molecular weight is 393 g/mol. The molecule has 0 saturated heterocycles. The van der Waals surface area contributed by atoms with E-state index >= 15 is 0 Å². The maximum Gasteiger partial charge on any atom is 0.245 e.